The molecule has 0 aromatic heterocycles. The third kappa shape index (κ3) is 5.24. The van der Waals surface area contributed by atoms with Gasteiger partial charge in [-0.3, -0.25) is 4.79 Å². The number of nitrogens with one attached hydrogen (secondary N) is 1. The summed E-state index contributed by atoms with van der Waals surface area (Å²) in [5.41, 5.74) is 1.14. The molecule has 128 valence electrons. The van der Waals surface area contributed by atoms with Crippen molar-refractivity contribution >= 4 is 5.91 Å². The van der Waals surface area contributed by atoms with E-state index in [2.05, 4.69) is 32.2 Å². The van der Waals surface area contributed by atoms with Gasteiger partial charge in [0.05, 0.1) is 0 Å². The predicted molar refractivity (Wildman–Crippen MR) is 93.6 cm³/mol. The Balaban J connectivity index is 1.99. The van der Waals surface area contributed by atoms with Crippen LogP contribution in [0.2, 0.25) is 0 Å². The molecule has 4 nitrogen and oxygen atoms in total. The zero-order chi connectivity index (χ0) is 16.7. The van der Waals surface area contributed by atoms with E-state index in [1.807, 2.05) is 23.1 Å². The van der Waals surface area contributed by atoms with E-state index in [1.165, 1.54) is 0 Å². The second-order valence-electron chi connectivity index (χ2n) is 6.68. The number of likely N-dealkylation sites (tertiary alicyclic amines) is 1. The molecule has 1 fully saturated rings. The van der Waals surface area contributed by atoms with Gasteiger partial charge in [0.2, 0.25) is 0 Å². The maximum absolute atomic E-state index is 12.2. The molecule has 1 aromatic carbocycles. The summed E-state index contributed by atoms with van der Waals surface area (Å²) in [6, 6.07) is 8.32. The van der Waals surface area contributed by atoms with Crippen LogP contribution in [0.5, 0.6) is 5.75 Å². The standard InChI is InChI=1S/C19H30N2O2/c1-4-17(20-13-15(2)3)16-9-5-6-10-18(16)23-14-19(22)21-11-7-8-12-21/h5-6,9-10,15,17,20H,4,7-8,11-14H2,1-3H3. The molecule has 1 aliphatic heterocycles. The van der Waals surface area contributed by atoms with Crippen LogP contribution in [0, 0.1) is 5.92 Å². The summed E-state index contributed by atoms with van der Waals surface area (Å²) in [6.45, 7) is 9.43. The normalized spacial score (nSPS) is 15.9. The molecule has 4 heteroatoms. The molecule has 2 rings (SSSR count). The number of rotatable bonds is 8. The van der Waals surface area contributed by atoms with Crippen molar-refractivity contribution in [3.05, 3.63) is 29.8 Å². The summed E-state index contributed by atoms with van der Waals surface area (Å²) in [6.07, 6.45) is 3.21. The Morgan fingerprint density at radius 1 is 1.26 bits per heavy atom. The van der Waals surface area contributed by atoms with Crippen molar-refractivity contribution in [2.24, 2.45) is 5.92 Å². The van der Waals surface area contributed by atoms with E-state index in [9.17, 15) is 4.79 Å². The minimum atomic E-state index is 0.0977. The summed E-state index contributed by atoms with van der Waals surface area (Å²) < 4.78 is 5.87. The lowest BCUT2D eigenvalue weighted by Crippen LogP contribution is -2.32. The Kier molecular flexibility index (Phi) is 6.90. The van der Waals surface area contributed by atoms with Crippen molar-refractivity contribution in [2.45, 2.75) is 46.1 Å². The molecule has 0 radical (unpaired) electrons. The molecule has 1 saturated heterocycles. The van der Waals surface area contributed by atoms with Crippen molar-refractivity contribution in [3.63, 3.8) is 0 Å². The second kappa shape index (κ2) is 8.92. The van der Waals surface area contributed by atoms with Gasteiger partial charge in [0.1, 0.15) is 5.75 Å². The van der Waals surface area contributed by atoms with Crippen molar-refractivity contribution < 1.29 is 9.53 Å². The molecule has 1 atom stereocenters. The minimum Gasteiger partial charge on any atom is -0.483 e. The van der Waals surface area contributed by atoms with Gasteiger partial charge in [-0.15, -0.1) is 0 Å². The number of hydrogen-bond acceptors (Lipinski definition) is 3. The number of para-hydroxylation sites is 1. The van der Waals surface area contributed by atoms with Crippen LogP contribution in [-0.4, -0.2) is 37.0 Å². The fourth-order valence-corrected chi connectivity index (χ4v) is 2.95. The Morgan fingerprint density at radius 3 is 2.61 bits per heavy atom. The number of ether oxygens (including phenoxy) is 1. The second-order valence-corrected chi connectivity index (χ2v) is 6.68. The molecule has 0 spiro atoms. The zero-order valence-corrected chi connectivity index (χ0v) is 14.7. The van der Waals surface area contributed by atoms with Gasteiger partial charge in [-0.2, -0.15) is 0 Å². The summed E-state index contributed by atoms with van der Waals surface area (Å²) in [5, 5.41) is 3.59. The maximum atomic E-state index is 12.2. The molecule has 1 N–H and O–H groups in total. The summed E-state index contributed by atoms with van der Waals surface area (Å²) in [7, 11) is 0. The Morgan fingerprint density at radius 2 is 1.96 bits per heavy atom. The maximum Gasteiger partial charge on any atom is 0.260 e. The number of carbonyl (C=O) groups is 1. The van der Waals surface area contributed by atoms with Gasteiger partial charge in [-0.1, -0.05) is 39.0 Å². The summed E-state index contributed by atoms with van der Waals surface area (Å²) in [4.78, 5) is 14.1. The van der Waals surface area contributed by atoms with Crippen LogP contribution in [0.3, 0.4) is 0 Å². The molecule has 1 aliphatic rings. The Labute approximate surface area is 140 Å². The SMILES string of the molecule is CCC(NCC(C)C)c1ccccc1OCC(=O)N1CCCC1. The zero-order valence-electron chi connectivity index (χ0n) is 14.7. The summed E-state index contributed by atoms with van der Waals surface area (Å²) in [5.74, 6) is 1.53. The van der Waals surface area contributed by atoms with E-state index in [4.69, 9.17) is 4.74 Å². The Bertz CT molecular complexity index is 496. The lowest BCUT2D eigenvalue weighted by molar-refractivity contribution is -0.132. The van der Waals surface area contributed by atoms with Gasteiger partial charge in [0.25, 0.3) is 5.91 Å². The molecular weight excluding hydrogens is 288 g/mol. The first-order valence-electron chi connectivity index (χ1n) is 8.84. The largest absolute Gasteiger partial charge is 0.483 e. The molecule has 0 bridgehead atoms. The Hall–Kier alpha value is -1.55. The first-order valence-corrected chi connectivity index (χ1v) is 8.84. The molecular formula is C19H30N2O2. The van der Waals surface area contributed by atoms with Crippen LogP contribution >= 0.6 is 0 Å². The first kappa shape index (κ1) is 17.8. The summed E-state index contributed by atoms with van der Waals surface area (Å²) >= 11 is 0. The van der Waals surface area contributed by atoms with Gasteiger partial charge in [-0.05, 0) is 37.8 Å². The van der Waals surface area contributed by atoms with E-state index in [0.29, 0.717) is 5.92 Å². The van der Waals surface area contributed by atoms with E-state index in [-0.39, 0.29) is 18.6 Å². The molecule has 1 aromatic rings. The van der Waals surface area contributed by atoms with E-state index >= 15 is 0 Å². The van der Waals surface area contributed by atoms with E-state index in [0.717, 1.165) is 50.2 Å². The van der Waals surface area contributed by atoms with Crippen molar-refractivity contribution in [3.8, 4) is 5.75 Å². The number of nitrogens with zero attached hydrogens (tertiary/aromatic N) is 1. The van der Waals surface area contributed by atoms with Gasteiger partial charge in [0.15, 0.2) is 6.61 Å². The van der Waals surface area contributed by atoms with Crippen molar-refractivity contribution in [1.29, 1.82) is 0 Å². The van der Waals surface area contributed by atoms with Gasteiger partial charge < -0.3 is 15.0 Å². The van der Waals surface area contributed by atoms with Crippen LogP contribution in [0.15, 0.2) is 24.3 Å². The average Bonchev–Trinajstić information content (AvgIpc) is 3.08. The van der Waals surface area contributed by atoms with Crippen LogP contribution in [0.25, 0.3) is 0 Å². The van der Waals surface area contributed by atoms with Gasteiger partial charge in [0, 0.05) is 24.7 Å². The molecule has 1 heterocycles. The van der Waals surface area contributed by atoms with Crippen molar-refractivity contribution in [2.75, 3.05) is 26.2 Å². The molecule has 1 unspecified atom stereocenters. The highest BCUT2D eigenvalue weighted by atomic mass is 16.5. The quantitative estimate of drug-likeness (QED) is 0.799. The number of carbonyl (C=O) groups excluding carboxylic acids is 1. The highest BCUT2D eigenvalue weighted by Crippen LogP contribution is 2.27. The fourth-order valence-electron chi connectivity index (χ4n) is 2.95. The van der Waals surface area contributed by atoms with Crippen LogP contribution in [0.1, 0.15) is 51.6 Å². The smallest absolute Gasteiger partial charge is 0.260 e. The van der Waals surface area contributed by atoms with Crippen LogP contribution in [-0.2, 0) is 4.79 Å². The number of amides is 1. The lowest BCUT2D eigenvalue weighted by atomic mass is 10.0. The lowest BCUT2D eigenvalue weighted by Gasteiger charge is -2.22. The molecule has 1 amide bonds. The third-order valence-corrected chi connectivity index (χ3v) is 4.29. The fraction of sp³-hybridized carbons (Fsp3) is 0.632. The highest BCUT2D eigenvalue weighted by molar-refractivity contribution is 5.78. The molecule has 0 saturated carbocycles. The first-order chi connectivity index (χ1) is 11.1. The minimum absolute atomic E-state index is 0.0977. The number of hydrogen-bond donors (Lipinski definition) is 1. The molecule has 23 heavy (non-hydrogen) atoms. The van der Waals surface area contributed by atoms with Gasteiger partial charge >= 0.3 is 0 Å². The average molecular weight is 318 g/mol. The topological polar surface area (TPSA) is 41.6 Å². The van der Waals surface area contributed by atoms with Gasteiger partial charge in [-0.25, -0.2) is 0 Å². The van der Waals surface area contributed by atoms with E-state index < -0.39 is 0 Å². The molecule has 0 aliphatic carbocycles. The van der Waals surface area contributed by atoms with Crippen molar-refractivity contribution in [1.82, 2.24) is 10.2 Å². The number of benzene rings is 1. The highest BCUT2D eigenvalue weighted by Gasteiger charge is 2.20. The predicted octanol–water partition coefficient (Wildman–Crippen LogP) is 3.38. The van der Waals surface area contributed by atoms with Crippen LogP contribution < -0.4 is 10.1 Å². The third-order valence-electron chi connectivity index (χ3n) is 4.29. The monoisotopic (exact) mass is 318 g/mol. The van der Waals surface area contributed by atoms with E-state index in [1.54, 1.807) is 0 Å². The van der Waals surface area contributed by atoms with Crippen LogP contribution in [0.4, 0.5) is 0 Å².